The Morgan fingerprint density at radius 1 is 1.42 bits per heavy atom. The monoisotopic (exact) mass is 278 g/mol. The number of nitrogens with zero attached hydrogens (tertiary/aromatic N) is 3. The predicted molar refractivity (Wildman–Crippen MR) is 79.5 cm³/mol. The second kappa shape index (κ2) is 6.30. The maximum Gasteiger partial charge on any atom is 0.115 e. The molecule has 2 rings (SSSR count). The Bertz CT molecular complexity index is 515. The quantitative estimate of drug-likeness (QED) is 0.883. The average Bonchev–Trinajstić information content (AvgIpc) is 2.99. The van der Waals surface area contributed by atoms with Gasteiger partial charge in [-0.3, -0.25) is 4.68 Å². The molecule has 0 aromatic carbocycles. The van der Waals surface area contributed by atoms with Crippen LogP contribution in [0.15, 0.2) is 17.8 Å². The van der Waals surface area contributed by atoms with Gasteiger partial charge in [0.1, 0.15) is 5.01 Å². The van der Waals surface area contributed by atoms with Gasteiger partial charge in [0.2, 0.25) is 0 Å². The van der Waals surface area contributed by atoms with Crippen LogP contribution in [0.25, 0.3) is 0 Å². The van der Waals surface area contributed by atoms with Crippen LogP contribution >= 0.6 is 11.3 Å². The van der Waals surface area contributed by atoms with E-state index in [1.165, 1.54) is 11.3 Å². The first-order valence-electron chi connectivity index (χ1n) is 6.79. The van der Waals surface area contributed by atoms with E-state index in [4.69, 9.17) is 4.98 Å². The van der Waals surface area contributed by atoms with Crippen molar-refractivity contribution in [3.8, 4) is 0 Å². The summed E-state index contributed by atoms with van der Waals surface area (Å²) in [4.78, 5) is 4.77. The molecule has 0 fully saturated rings. The first-order valence-corrected chi connectivity index (χ1v) is 7.67. The summed E-state index contributed by atoms with van der Waals surface area (Å²) in [5, 5.41) is 11.1. The van der Waals surface area contributed by atoms with Crippen LogP contribution in [0.3, 0.4) is 0 Å². The number of nitrogens with one attached hydrogen (secondary N) is 1. The van der Waals surface area contributed by atoms with Gasteiger partial charge in [0, 0.05) is 24.2 Å². The fraction of sp³-hybridized carbons (Fsp3) is 0.571. The van der Waals surface area contributed by atoms with Gasteiger partial charge in [0.25, 0.3) is 0 Å². The van der Waals surface area contributed by atoms with Gasteiger partial charge in [-0.2, -0.15) is 5.10 Å². The van der Waals surface area contributed by atoms with E-state index >= 15 is 0 Å². The highest BCUT2D eigenvalue weighted by molar-refractivity contribution is 7.09. The fourth-order valence-corrected chi connectivity index (χ4v) is 3.00. The first-order chi connectivity index (χ1) is 9.11. The minimum absolute atomic E-state index is 0.158. The SMILES string of the molecule is CCCNC(c1cnn(C)c1)c1nc(C(C)C)cs1. The van der Waals surface area contributed by atoms with E-state index in [-0.39, 0.29) is 6.04 Å². The van der Waals surface area contributed by atoms with Crippen LogP contribution in [0.1, 0.15) is 55.4 Å². The molecule has 0 spiro atoms. The van der Waals surface area contributed by atoms with Crippen molar-refractivity contribution in [1.82, 2.24) is 20.1 Å². The molecule has 5 heteroatoms. The molecule has 1 unspecified atom stereocenters. The Morgan fingerprint density at radius 2 is 2.21 bits per heavy atom. The van der Waals surface area contributed by atoms with Crippen molar-refractivity contribution in [3.05, 3.63) is 34.0 Å². The zero-order valence-electron chi connectivity index (χ0n) is 12.1. The van der Waals surface area contributed by atoms with E-state index in [0.717, 1.165) is 18.0 Å². The summed E-state index contributed by atoms with van der Waals surface area (Å²) in [7, 11) is 1.95. The Kier molecular flexibility index (Phi) is 4.71. The summed E-state index contributed by atoms with van der Waals surface area (Å²) < 4.78 is 1.84. The Hall–Kier alpha value is -1.20. The lowest BCUT2D eigenvalue weighted by atomic mass is 10.1. The highest BCUT2D eigenvalue weighted by Gasteiger charge is 2.19. The van der Waals surface area contributed by atoms with Crippen LogP contribution in [0.2, 0.25) is 0 Å². The van der Waals surface area contributed by atoms with E-state index in [1.54, 1.807) is 11.3 Å². The lowest BCUT2D eigenvalue weighted by Crippen LogP contribution is -2.22. The summed E-state index contributed by atoms with van der Waals surface area (Å²) in [6.45, 7) is 7.51. The maximum absolute atomic E-state index is 4.77. The molecule has 0 aliphatic rings. The topological polar surface area (TPSA) is 42.7 Å². The van der Waals surface area contributed by atoms with E-state index in [2.05, 4.69) is 42.8 Å². The molecule has 0 aliphatic carbocycles. The van der Waals surface area contributed by atoms with Crippen molar-refractivity contribution in [3.63, 3.8) is 0 Å². The number of thiazole rings is 1. The molecule has 0 amide bonds. The Balaban J connectivity index is 2.25. The van der Waals surface area contributed by atoms with Gasteiger partial charge in [-0.05, 0) is 18.9 Å². The molecule has 2 heterocycles. The smallest absolute Gasteiger partial charge is 0.115 e. The van der Waals surface area contributed by atoms with Crippen LogP contribution in [-0.2, 0) is 7.05 Å². The van der Waals surface area contributed by atoms with Gasteiger partial charge in [-0.15, -0.1) is 11.3 Å². The van der Waals surface area contributed by atoms with Crippen LogP contribution in [0.5, 0.6) is 0 Å². The summed E-state index contributed by atoms with van der Waals surface area (Å²) in [6, 6.07) is 0.158. The van der Waals surface area contributed by atoms with Crippen molar-refractivity contribution in [2.24, 2.45) is 7.05 Å². The van der Waals surface area contributed by atoms with Crippen LogP contribution in [0.4, 0.5) is 0 Å². The van der Waals surface area contributed by atoms with Crippen LogP contribution in [-0.4, -0.2) is 21.3 Å². The van der Waals surface area contributed by atoms with Crippen molar-refractivity contribution < 1.29 is 0 Å². The highest BCUT2D eigenvalue weighted by atomic mass is 32.1. The number of hydrogen-bond donors (Lipinski definition) is 1. The maximum atomic E-state index is 4.77. The lowest BCUT2D eigenvalue weighted by Gasteiger charge is -2.14. The molecule has 0 bridgehead atoms. The van der Waals surface area contributed by atoms with E-state index < -0.39 is 0 Å². The molecule has 0 radical (unpaired) electrons. The molecule has 0 saturated carbocycles. The summed E-state index contributed by atoms with van der Waals surface area (Å²) in [5.41, 5.74) is 2.35. The first kappa shape index (κ1) is 14.2. The van der Waals surface area contributed by atoms with Gasteiger partial charge in [-0.1, -0.05) is 20.8 Å². The minimum atomic E-state index is 0.158. The molecule has 1 N–H and O–H groups in total. The van der Waals surface area contributed by atoms with Crippen molar-refractivity contribution in [2.75, 3.05) is 6.54 Å². The molecular formula is C14H22N4S. The number of aryl methyl sites for hydroxylation is 1. The molecule has 104 valence electrons. The largest absolute Gasteiger partial charge is 0.304 e. The second-order valence-corrected chi connectivity index (χ2v) is 5.99. The van der Waals surface area contributed by atoms with Gasteiger partial charge >= 0.3 is 0 Å². The van der Waals surface area contributed by atoms with Gasteiger partial charge in [-0.25, -0.2) is 4.98 Å². The zero-order chi connectivity index (χ0) is 13.8. The fourth-order valence-electron chi connectivity index (χ4n) is 1.92. The van der Waals surface area contributed by atoms with Gasteiger partial charge < -0.3 is 5.32 Å². The van der Waals surface area contributed by atoms with E-state index in [0.29, 0.717) is 5.92 Å². The summed E-state index contributed by atoms with van der Waals surface area (Å²) in [6.07, 6.45) is 5.09. The molecule has 2 aromatic heterocycles. The summed E-state index contributed by atoms with van der Waals surface area (Å²) >= 11 is 1.73. The standard InChI is InChI=1S/C14H22N4S/c1-5-6-15-13(11-7-16-18(4)8-11)14-17-12(9-19-14)10(2)3/h7-10,13,15H,5-6H2,1-4H3. The molecule has 2 aromatic rings. The van der Waals surface area contributed by atoms with Crippen LogP contribution in [0, 0.1) is 0 Å². The molecule has 4 nitrogen and oxygen atoms in total. The average molecular weight is 278 g/mol. The van der Waals surface area contributed by atoms with Gasteiger partial charge in [0.15, 0.2) is 0 Å². The second-order valence-electron chi connectivity index (χ2n) is 5.10. The van der Waals surface area contributed by atoms with Gasteiger partial charge in [0.05, 0.1) is 17.9 Å². The molecule has 0 saturated heterocycles. The number of aromatic nitrogens is 3. The third-order valence-corrected chi connectivity index (χ3v) is 3.96. The molecule has 19 heavy (non-hydrogen) atoms. The van der Waals surface area contributed by atoms with Crippen molar-refractivity contribution >= 4 is 11.3 Å². The zero-order valence-corrected chi connectivity index (χ0v) is 12.9. The number of rotatable bonds is 6. The normalized spacial score (nSPS) is 13.1. The number of hydrogen-bond acceptors (Lipinski definition) is 4. The van der Waals surface area contributed by atoms with Crippen LogP contribution < -0.4 is 5.32 Å². The van der Waals surface area contributed by atoms with Crippen molar-refractivity contribution in [1.29, 1.82) is 0 Å². The summed E-state index contributed by atoms with van der Waals surface area (Å²) in [5.74, 6) is 0.478. The molecular weight excluding hydrogens is 256 g/mol. The molecule has 0 aliphatic heterocycles. The third-order valence-electron chi connectivity index (χ3n) is 3.03. The Morgan fingerprint density at radius 3 is 2.74 bits per heavy atom. The Labute approximate surface area is 118 Å². The lowest BCUT2D eigenvalue weighted by molar-refractivity contribution is 0.592. The third kappa shape index (κ3) is 3.42. The van der Waals surface area contributed by atoms with E-state index in [9.17, 15) is 0 Å². The predicted octanol–water partition coefficient (Wildman–Crippen LogP) is 3.09. The van der Waals surface area contributed by atoms with Crippen molar-refractivity contribution in [2.45, 2.75) is 39.2 Å². The highest BCUT2D eigenvalue weighted by Crippen LogP contribution is 2.27. The van der Waals surface area contributed by atoms with E-state index in [1.807, 2.05) is 17.9 Å². The molecule has 1 atom stereocenters. The minimum Gasteiger partial charge on any atom is -0.304 e.